The molecule has 0 aliphatic carbocycles. The second kappa shape index (κ2) is 6.03. The maximum Gasteiger partial charge on any atom is 0.198 e. The van der Waals surface area contributed by atoms with Crippen LogP contribution in [0.4, 0.5) is 8.78 Å². The van der Waals surface area contributed by atoms with Gasteiger partial charge in [-0.25, -0.2) is 8.78 Å². The third-order valence-corrected chi connectivity index (χ3v) is 3.34. The zero-order chi connectivity index (χ0) is 15.6. The molecule has 2 aromatic rings. The van der Waals surface area contributed by atoms with Crippen molar-refractivity contribution in [2.75, 3.05) is 0 Å². The number of carbonyl (C=O) groups is 1. The van der Waals surface area contributed by atoms with E-state index in [1.807, 2.05) is 6.92 Å². The van der Waals surface area contributed by atoms with E-state index in [4.69, 9.17) is 0 Å². The van der Waals surface area contributed by atoms with Gasteiger partial charge < -0.3 is 14.5 Å². The summed E-state index contributed by atoms with van der Waals surface area (Å²) in [5.41, 5.74) is -1.24. The molecule has 0 saturated heterocycles. The number of rotatable bonds is 5. The Kier molecular flexibility index (Phi) is 4.35. The molecule has 1 aromatic heterocycles. The smallest absolute Gasteiger partial charge is 0.198 e. The Balaban J connectivity index is 2.69. The molecule has 1 heterocycles. The molecule has 0 amide bonds. The topological polar surface area (TPSA) is 62.1 Å². The minimum Gasteiger partial charge on any atom is -0.545 e. The van der Waals surface area contributed by atoms with Crippen LogP contribution in [-0.4, -0.2) is 10.5 Å². The van der Waals surface area contributed by atoms with E-state index in [-0.39, 0.29) is 10.9 Å². The third-order valence-electron chi connectivity index (χ3n) is 3.34. The van der Waals surface area contributed by atoms with E-state index in [2.05, 4.69) is 0 Å². The van der Waals surface area contributed by atoms with Crippen molar-refractivity contribution in [3.05, 3.63) is 45.8 Å². The quantitative estimate of drug-likeness (QED) is 0.790. The van der Waals surface area contributed by atoms with E-state index in [9.17, 15) is 23.5 Å². The molecule has 0 aliphatic rings. The first-order valence-corrected chi connectivity index (χ1v) is 6.69. The lowest BCUT2D eigenvalue weighted by Crippen LogP contribution is -2.30. The van der Waals surface area contributed by atoms with Gasteiger partial charge in [-0.2, -0.15) is 0 Å². The summed E-state index contributed by atoms with van der Waals surface area (Å²) in [6.07, 6.45) is 3.72. The van der Waals surface area contributed by atoms with Gasteiger partial charge in [0, 0.05) is 24.2 Å². The fraction of sp³-hybridized carbons (Fsp3) is 0.333. The van der Waals surface area contributed by atoms with Crippen LogP contribution in [0.3, 0.4) is 0 Å². The highest BCUT2D eigenvalue weighted by molar-refractivity contribution is 5.91. The van der Waals surface area contributed by atoms with Crippen LogP contribution in [0.5, 0.6) is 0 Å². The Labute approximate surface area is 119 Å². The average molecular weight is 294 g/mol. The molecule has 112 valence electrons. The first-order valence-electron chi connectivity index (χ1n) is 6.69. The van der Waals surface area contributed by atoms with Gasteiger partial charge in [0.1, 0.15) is 0 Å². The predicted molar refractivity (Wildman–Crippen MR) is 72.0 cm³/mol. The summed E-state index contributed by atoms with van der Waals surface area (Å²) in [5, 5.41) is 10.8. The van der Waals surface area contributed by atoms with E-state index in [1.54, 1.807) is 0 Å². The van der Waals surface area contributed by atoms with E-state index < -0.39 is 28.6 Å². The van der Waals surface area contributed by atoms with Crippen LogP contribution >= 0.6 is 0 Å². The van der Waals surface area contributed by atoms with Crippen LogP contribution < -0.4 is 10.5 Å². The highest BCUT2D eigenvalue weighted by Gasteiger charge is 2.13. The molecule has 0 saturated carbocycles. The molecule has 0 fully saturated rings. The maximum atomic E-state index is 13.4. The molecular weight excluding hydrogens is 280 g/mol. The lowest BCUT2D eigenvalue weighted by atomic mass is 10.1. The fourth-order valence-electron chi connectivity index (χ4n) is 2.25. The minimum absolute atomic E-state index is 0.160. The number of halogens is 2. The van der Waals surface area contributed by atoms with Gasteiger partial charge >= 0.3 is 0 Å². The lowest BCUT2D eigenvalue weighted by Gasteiger charge is -2.14. The summed E-state index contributed by atoms with van der Waals surface area (Å²) in [4.78, 5) is 23.0. The number of aryl methyl sites for hydroxylation is 1. The normalized spacial score (nSPS) is 11.0. The van der Waals surface area contributed by atoms with Crippen molar-refractivity contribution in [1.29, 1.82) is 0 Å². The number of carbonyl (C=O) groups excluding carboxylic acids is 1. The fourth-order valence-corrected chi connectivity index (χ4v) is 2.25. The predicted octanol–water partition coefficient (Wildman–Crippen LogP) is 1.83. The van der Waals surface area contributed by atoms with Crippen LogP contribution in [0, 0.1) is 11.6 Å². The van der Waals surface area contributed by atoms with Crippen LogP contribution in [0.15, 0.2) is 23.1 Å². The number of pyridine rings is 1. The molecule has 0 unspecified atom stereocenters. The number of hydrogen-bond donors (Lipinski definition) is 0. The Morgan fingerprint density at radius 2 is 1.90 bits per heavy atom. The van der Waals surface area contributed by atoms with Crippen molar-refractivity contribution in [2.45, 2.75) is 32.7 Å². The number of benzene rings is 1. The number of nitrogens with zero attached hydrogens (tertiary/aromatic N) is 1. The second-order valence-electron chi connectivity index (χ2n) is 4.84. The van der Waals surface area contributed by atoms with Gasteiger partial charge in [0.15, 0.2) is 17.1 Å². The maximum absolute atomic E-state index is 13.4. The van der Waals surface area contributed by atoms with Crippen molar-refractivity contribution < 1.29 is 18.7 Å². The lowest BCUT2D eigenvalue weighted by molar-refractivity contribution is -0.255. The highest BCUT2D eigenvalue weighted by atomic mass is 19.2. The van der Waals surface area contributed by atoms with Crippen molar-refractivity contribution in [1.82, 2.24) is 4.57 Å². The van der Waals surface area contributed by atoms with Crippen molar-refractivity contribution in [2.24, 2.45) is 0 Å². The first kappa shape index (κ1) is 15.2. The monoisotopic (exact) mass is 294 g/mol. The summed E-state index contributed by atoms with van der Waals surface area (Å²) >= 11 is 0. The molecule has 21 heavy (non-hydrogen) atoms. The number of aromatic nitrogens is 1. The first-order chi connectivity index (χ1) is 9.95. The van der Waals surface area contributed by atoms with Gasteiger partial charge in [-0.1, -0.05) is 19.8 Å². The SMILES string of the molecule is CCCCCn1cc(C(=O)[O-])c(=O)c2cc(F)c(F)cc21. The molecule has 4 nitrogen and oxygen atoms in total. The number of hydrogen-bond acceptors (Lipinski definition) is 3. The summed E-state index contributed by atoms with van der Waals surface area (Å²) in [7, 11) is 0. The van der Waals surface area contributed by atoms with E-state index >= 15 is 0 Å². The molecular formula is C15H14F2NO3-. The molecule has 0 atom stereocenters. The van der Waals surface area contributed by atoms with Crippen LogP contribution in [0.25, 0.3) is 10.9 Å². The van der Waals surface area contributed by atoms with E-state index in [1.165, 1.54) is 4.57 Å². The molecule has 2 rings (SSSR count). The second-order valence-corrected chi connectivity index (χ2v) is 4.84. The van der Waals surface area contributed by atoms with E-state index in [0.717, 1.165) is 37.6 Å². The van der Waals surface area contributed by atoms with E-state index in [0.29, 0.717) is 6.54 Å². The Hall–Kier alpha value is -2.24. The van der Waals surface area contributed by atoms with Gasteiger partial charge in [-0.3, -0.25) is 4.79 Å². The molecule has 1 aromatic carbocycles. The van der Waals surface area contributed by atoms with Gasteiger partial charge in [0.2, 0.25) is 0 Å². The van der Waals surface area contributed by atoms with Crippen molar-refractivity contribution in [3.8, 4) is 0 Å². The van der Waals surface area contributed by atoms with Crippen LogP contribution in [-0.2, 0) is 6.54 Å². The summed E-state index contributed by atoms with van der Waals surface area (Å²) in [6, 6.07) is 1.65. The van der Waals surface area contributed by atoms with Crippen LogP contribution in [0.1, 0.15) is 36.5 Å². The van der Waals surface area contributed by atoms with Gasteiger partial charge in [-0.15, -0.1) is 0 Å². The molecule has 6 heteroatoms. The summed E-state index contributed by atoms with van der Waals surface area (Å²) in [6.45, 7) is 2.42. The number of aromatic carboxylic acids is 1. The van der Waals surface area contributed by atoms with Gasteiger partial charge in [0.05, 0.1) is 17.0 Å². The Bertz CT molecular complexity index is 753. The Morgan fingerprint density at radius 1 is 1.24 bits per heavy atom. The molecule has 0 spiro atoms. The summed E-state index contributed by atoms with van der Waals surface area (Å²) < 4.78 is 28.2. The Morgan fingerprint density at radius 3 is 2.52 bits per heavy atom. The minimum atomic E-state index is -1.63. The molecule has 0 N–H and O–H groups in total. The largest absolute Gasteiger partial charge is 0.545 e. The zero-order valence-corrected chi connectivity index (χ0v) is 11.5. The number of fused-ring (bicyclic) bond motifs is 1. The summed E-state index contributed by atoms with van der Waals surface area (Å²) in [5.74, 6) is -3.89. The van der Waals surface area contributed by atoms with Gasteiger partial charge in [0.25, 0.3) is 0 Å². The number of unbranched alkanes of at least 4 members (excludes halogenated alkanes) is 2. The van der Waals surface area contributed by atoms with Crippen molar-refractivity contribution >= 4 is 16.9 Å². The molecule has 0 bridgehead atoms. The van der Waals surface area contributed by atoms with Gasteiger partial charge in [-0.05, 0) is 12.5 Å². The zero-order valence-electron chi connectivity index (χ0n) is 11.5. The standard InChI is InChI=1S/C15H15F2NO3/c1-2-3-4-5-18-8-10(15(20)21)14(19)9-6-11(16)12(17)7-13(9)18/h6-8H,2-5H2,1H3,(H,20,21)/p-1. The average Bonchev–Trinajstić information content (AvgIpc) is 2.43. The highest BCUT2D eigenvalue weighted by Crippen LogP contribution is 2.17. The number of carboxylic acids is 1. The molecule has 0 radical (unpaired) electrons. The van der Waals surface area contributed by atoms with Crippen molar-refractivity contribution in [3.63, 3.8) is 0 Å². The van der Waals surface area contributed by atoms with Crippen LogP contribution in [0.2, 0.25) is 0 Å². The number of carboxylic acid groups (broad SMARTS) is 1. The third kappa shape index (κ3) is 2.94. The molecule has 0 aliphatic heterocycles.